The molecule has 13 nitrogen and oxygen atoms in total. The van der Waals surface area contributed by atoms with Crippen molar-refractivity contribution in [2.24, 2.45) is 11.5 Å². The fraction of sp³-hybridized carbons (Fsp3) is 0.350. The van der Waals surface area contributed by atoms with Crippen molar-refractivity contribution in [1.82, 2.24) is 25.8 Å². The van der Waals surface area contributed by atoms with Crippen molar-refractivity contribution in [1.29, 1.82) is 0 Å². The lowest BCUT2D eigenvalue weighted by atomic mass is 10.1. The van der Waals surface area contributed by atoms with Crippen LogP contribution in [0.4, 0.5) is 4.79 Å². The zero-order valence-electron chi connectivity index (χ0n) is 17.7. The van der Waals surface area contributed by atoms with Gasteiger partial charge in [0.25, 0.3) is 0 Å². The number of hydrogen-bond acceptors (Lipinski definition) is 8. The summed E-state index contributed by atoms with van der Waals surface area (Å²) in [7, 11) is 0. The lowest BCUT2D eigenvalue weighted by Gasteiger charge is -2.19. The van der Waals surface area contributed by atoms with E-state index in [-0.39, 0.29) is 18.1 Å². The van der Waals surface area contributed by atoms with Crippen LogP contribution < -0.4 is 22.1 Å². The maximum absolute atomic E-state index is 12.2. The standard InChI is InChI=1S/C20H25N7O6/c1-9(28)16(19(30)31)25-20(32)24-14(7-15(22)29)18-26-17(27-33-18)12(21)6-10-8-23-13-5-3-2-4-11(10)13/h2-5,8-9,12,14,16,23,28H,6-7,21H2,1H3,(H2,22,29)(H,30,31)(H2,24,25,32)/t9-,12+,14?,16+/m1/s1. The number of rotatable bonds is 10. The third-order valence-corrected chi connectivity index (χ3v) is 4.95. The summed E-state index contributed by atoms with van der Waals surface area (Å²) in [4.78, 5) is 42.2. The molecular weight excluding hydrogens is 434 g/mol. The summed E-state index contributed by atoms with van der Waals surface area (Å²) in [5, 5.41) is 27.9. The van der Waals surface area contributed by atoms with Gasteiger partial charge in [-0.15, -0.1) is 0 Å². The van der Waals surface area contributed by atoms with E-state index in [0.29, 0.717) is 6.42 Å². The van der Waals surface area contributed by atoms with Crippen molar-refractivity contribution in [2.45, 2.75) is 44.0 Å². The molecule has 0 aliphatic carbocycles. The number of aliphatic carboxylic acids is 1. The number of aromatic nitrogens is 3. The summed E-state index contributed by atoms with van der Waals surface area (Å²) in [5.41, 5.74) is 13.4. The average molecular weight is 459 g/mol. The Kier molecular flexibility index (Phi) is 7.25. The Labute approximate surface area is 187 Å². The third-order valence-electron chi connectivity index (χ3n) is 4.95. The van der Waals surface area contributed by atoms with Gasteiger partial charge in [-0.1, -0.05) is 23.4 Å². The van der Waals surface area contributed by atoms with E-state index in [1.807, 2.05) is 30.5 Å². The highest BCUT2D eigenvalue weighted by atomic mass is 16.5. The Morgan fingerprint density at radius 1 is 1.24 bits per heavy atom. The number of carbonyl (C=O) groups is 3. The van der Waals surface area contributed by atoms with E-state index >= 15 is 0 Å². The minimum absolute atomic E-state index is 0.128. The number of nitrogens with one attached hydrogen (secondary N) is 3. The number of fused-ring (bicyclic) bond motifs is 1. The summed E-state index contributed by atoms with van der Waals surface area (Å²) < 4.78 is 5.19. The minimum atomic E-state index is -1.57. The highest BCUT2D eigenvalue weighted by molar-refractivity contribution is 5.84. The van der Waals surface area contributed by atoms with Gasteiger partial charge in [0, 0.05) is 17.1 Å². The maximum atomic E-state index is 12.2. The lowest BCUT2D eigenvalue weighted by molar-refractivity contribution is -0.141. The molecule has 0 fully saturated rings. The van der Waals surface area contributed by atoms with Crippen LogP contribution in [0.15, 0.2) is 35.0 Å². The number of aliphatic hydroxyl groups excluding tert-OH is 1. The molecule has 2 heterocycles. The average Bonchev–Trinajstić information content (AvgIpc) is 3.39. The second-order valence-electron chi connectivity index (χ2n) is 7.56. The quantitative estimate of drug-likeness (QED) is 0.214. The van der Waals surface area contributed by atoms with Gasteiger partial charge in [0.15, 0.2) is 11.9 Å². The van der Waals surface area contributed by atoms with Crippen LogP contribution in [0.1, 0.15) is 42.7 Å². The normalized spacial score (nSPS) is 14.9. The predicted octanol–water partition coefficient (Wildman–Crippen LogP) is -0.157. The van der Waals surface area contributed by atoms with Crippen LogP contribution in [0, 0.1) is 0 Å². The van der Waals surface area contributed by atoms with Crippen LogP contribution in [0.5, 0.6) is 0 Å². The Balaban J connectivity index is 1.72. The van der Waals surface area contributed by atoms with Crippen LogP contribution in [0.3, 0.4) is 0 Å². The number of nitrogens with zero attached hydrogens (tertiary/aromatic N) is 2. The highest BCUT2D eigenvalue weighted by Gasteiger charge is 2.29. The number of primary amides is 1. The van der Waals surface area contributed by atoms with Crippen molar-refractivity contribution < 1.29 is 29.1 Å². The third kappa shape index (κ3) is 5.84. The number of benzene rings is 1. The van der Waals surface area contributed by atoms with E-state index in [2.05, 4.69) is 25.8 Å². The molecule has 0 aliphatic rings. The van der Waals surface area contributed by atoms with Gasteiger partial charge in [0.2, 0.25) is 11.8 Å². The van der Waals surface area contributed by atoms with Crippen molar-refractivity contribution in [2.75, 3.05) is 0 Å². The number of carbonyl (C=O) groups excluding carboxylic acids is 2. The molecule has 0 bridgehead atoms. The molecule has 1 aromatic carbocycles. The second kappa shape index (κ2) is 10.1. The first kappa shape index (κ1) is 23.7. The van der Waals surface area contributed by atoms with Crippen LogP contribution in [0.2, 0.25) is 0 Å². The van der Waals surface area contributed by atoms with E-state index in [0.717, 1.165) is 16.5 Å². The predicted molar refractivity (Wildman–Crippen MR) is 115 cm³/mol. The molecule has 0 saturated carbocycles. The molecule has 0 spiro atoms. The largest absolute Gasteiger partial charge is 0.480 e. The topological polar surface area (TPSA) is 222 Å². The molecule has 3 rings (SSSR count). The second-order valence-corrected chi connectivity index (χ2v) is 7.56. The van der Waals surface area contributed by atoms with E-state index < -0.39 is 42.1 Å². The first-order valence-electron chi connectivity index (χ1n) is 10.1. The Morgan fingerprint density at radius 3 is 2.64 bits per heavy atom. The maximum Gasteiger partial charge on any atom is 0.328 e. The molecule has 4 atom stereocenters. The van der Waals surface area contributed by atoms with E-state index in [1.54, 1.807) is 0 Å². The molecular formula is C20H25N7O6. The number of para-hydroxylation sites is 1. The summed E-state index contributed by atoms with van der Waals surface area (Å²) in [6.45, 7) is 1.21. The molecule has 1 unspecified atom stereocenters. The van der Waals surface area contributed by atoms with E-state index in [4.69, 9.17) is 21.1 Å². The van der Waals surface area contributed by atoms with E-state index in [9.17, 15) is 19.5 Å². The van der Waals surface area contributed by atoms with Gasteiger partial charge in [-0.2, -0.15) is 4.98 Å². The summed E-state index contributed by atoms with van der Waals surface area (Å²) in [5.74, 6) is -2.18. The van der Waals surface area contributed by atoms with Gasteiger partial charge >= 0.3 is 12.0 Å². The van der Waals surface area contributed by atoms with Crippen molar-refractivity contribution in [3.05, 3.63) is 47.7 Å². The molecule has 0 aliphatic heterocycles. The van der Waals surface area contributed by atoms with Gasteiger partial charge in [-0.25, -0.2) is 9.59 Å². The molecule has 3 aromatic rings. The summed E-state index contributed by atoms with van der Waals surface area (Å²) >= 11 is 0. The van der Waals surface area contributed by atoms with Crippen LogP contribution >= 0.6 is 0 Å². The molecule has 13 heteroatoms. The molecule has 3 amide bonds. The summed E-state index contributed by atoms with van der Waals surface area (Å²) in [6.07, 6.45) is 0.486. The van der Waals surface area contributed by atoms with Crippen LogP contribution in [0.25, 0.3) is 10.9 Å². The number of carboxylic acid groups (broad SMARTS) is 1. The SMILES string of the molecule is C[C@@H](O)[C@H](NC(=O)NC(CC(N)=O)c1nc([C@@H](N)Cc2c[nH]c3ccccc23)no1)C(=O)O. The number of H-pyrrole nitrogens is 1. The first-order chi connectivity index (χ1) is 15.7. The monoisotopic (exact) mass is 459 g/mol. The zero-order chi connectivity index (χ0) is 24.1. The molecule has 33 heavy (non-hydrogen) atoms. The zero-order valence-corrected chi connectivity index (χ0v) is 17.7. The van der Waals surface area contributed by atoms with Gasteiger partial charge in [-0.05, 0) is 25.0 Å². The molecule has 2 aromatic heterocycles. The number of hydrogen-bond donors (Lipinski definition) is 7. The van der Waals surface area contributed by atoms with Crippen molar-refractivity contribution in [3.63, 3.8) is 0 Å². The number of amides is 3. The van der Waals surface area contributed by atoms with Crippen molar-refractivity contribution in [3.8, 4) is 0 Å². The van der Waals surface area contributed by atoms with Gasteiger partial charge in [0.1, 0.15) is 6.04 Å². The highest BCUT2D eigenvalue weighted by Crippen LogP contribution is 2.23. The fourth-order valence-corrected chi connectivity index (χ4v) is 3.30. The number of aromatic amines is 1. The van der Waals surface area contributed by atoms with Gasteiger partial charge < -0.3 is 41.8 Å². The smallest absolute Gasteiger partial charge is 0.328 e. The molecule has 0 saturated heterocycles. The number of carboxylic acids is 1. The molecule has 9 N–H and O–H groups in total. The Morgan fingerprint density at radius 2 is 1.97 bits per heavy atom. The van der Waals surface area contributed by atoms with Crippen molar-refractivity contribution >= 4 is 28.8 Å². The minimum Gasteiger partial charge on any atom is -0.480 e. The first-order valence-corrected chi connectivity index (χ1v) is 10.1. The number of nitrogens with two attached hydrogens (primary N) is 2. The van der Waals surface area contributed by atoms with E-state index in [1.165, 1.54) is 6.92 Å². The Bertz CT molecular complexity index is 1140. The lowest BCUT2D eigenvalue weighted by Crippen LogP contribution is -2.52. The summed E-state index contributed by atoms with van der Waals surface area (Å²) in [6, 6.07) is 3.40. The number of urea groups is 1. The Hall–Kier alpha value is -3.97. The molecule has 0 radical (unpaired) electrons. The fourth-order valence-electron chi connectivity index (χ4n) is 3.30. The number of aliphatic hydroxyl groups is 1. The van der Waals surface area contributed by atoms with Gasteiger partial charge in [0.05, 0.1) is 18.6 Å². The molecule has 176 valence electrons. The van der Waals surface area contributed by atoms with Gasteiger partial charge in [-0.3, -0.25) is 4.79 Å². The van der Waals surface area contributed by atoms with Crippen LogP contribution in [-0.4, -0.2) is 55.4 Å². The van der Waals surface area contributed by atoms with Crippen LogP contribution in [-0.2, 0) is 16.0 Å².